The van der Waals surface area contributed by atoms with Crippen molar-refractivity contribution in [3.05, 3.63) is 0 Å². The Morgan fingerprint density at radius 2 is 1.93 bits per heavy atom. The van der Waals surface area contributed by atoms with Crippen molar-refractivity contribution in [2.75, 3.05) is 26.2 Å². The number of rotatable bonds is 2. The zero-order chi connectivity index (χ0) is 9.90. The Bertz CT molecular complexity index is 186. The Hall–Kier alpha value is -0.320. The fraction of sp³-hybridized carbons (Fsp3) is 0.889. The molecular formula is C9H19ClN2O2. The van der Waals surface area contributed by atoms with Gasteiger partial charge in [0, 0.05) is 26.2 Å². The van der Waals surface area contributed by atoms with Crippen LogP contribution >= 0.6 is 12.4 Å². The van der Waals surface area contributed by atoms with Crippen LogP contribution in [0.15, 0.2) is 0 Å². The molecule has 1 aliphatic rings. The highest BCUT2D eigenvalue weighted by molar-refractivity contribution is 5.85. The van der Waals surface area contributed by atoms with E-state index in [9.17, 15) is 9.90 Å². The number of nitrogens with zero attached hydrogens (tertiary/aromatic N) is 1. The fourth-order valence-corrected chi connectivity index (χ4v) is 1.40. The number of aliphatic hydroxyl groups is 1. The quantitative estimate of drug-likeness (QED) is 0.692. The number of halogens is 1. The minimum absolute atomic E-state index is 0. The van der Waals surface area contributed by atoms with Crippen LogP contribution in [0, 0.1) is 0 Å². The van der Waals surface area contributed by atoms with Gasteiger partial charge >= 0.3 is 0 Å². The number of amides is 1. The van der Waals surface area contributed by atoms with Gasteiger partial charge in [0.2, 0.25) is 5.91 Å². The molecule has 5 heteroatoms. The Morgan fingerprint density at radius 1 is 1.43 bits per heavy atom. The van der Waals surface area contributed by atoms with Gasteiger partial charge in [0.05, 0.1) is 12.0 Å². The van der Waals surface area contributed by atoms with E-state index in [-0.39, 0.29) is 24.7 Å². The van der Waals surface area contributed by atoms with Crippen LogP contribution in [0.25, 0.3) is 0 Å². The van der Waals surface area contributed by atoms with Crippen LogP contribution < -0.4 is 5.32 Å². The molecule has 1 rings (SSSR count). The molecule has 14 heavy (non-hydrogen) atoms. The van der Waals surface area contributed by atoms with Crippen LogP contribution in [0.3, 0.4) is 0 Å². The largest absolute Gasteiger partial charge is 0.390 e. The molecule has 0 radical (unpaired) electrons. The molecule has 0 atom stereocenters. The molecule has 0 bridgehead atoms. The summed E-state index contributed by atoms with van der Waals surface area (Å²) in [5, 5.41) is 12.6. The van der Waals surface area contributed by atoms with Crippen LogP contribution in [-0.2, 0) is 4.79 Å². The molecule has 1 aliphatic heterocycles. The van der Waals surface area contributed by atoms with E-state index in [0.29, 0.717) is 0 Å². The topological polar surface area (TPSA) is 52.6 Å². The first-order valence-corrected chi connectivity index (χ1v) is 4.70. The number of carbonyl (C=O) groups is 1. The molecule has 4 nitrogen and oxygen atoms in total. The Morgan fingerprint density at radius 3 is 2.36 bits per heavy atom. The second-order valence-corrected chi connectivity index (χ2v) is 4.12. The van der Waals surface area contributed by atoms with Crippen molar-refractivity contribution in [2.45, 2.75) is 25.9 Å². The Balaban J connectivity index is 0.00000169. The standard InChI is InChI=1S/C9H18N2O2.ClH/c1-9(2,13)7-8(12)11-5-3-10-4-6-11;/h10,13H,3-7H2,1-2H3;1H. The normalized spacial score (nSPS) is 17.5. The van der Waals surface area contributed by atoms with E-state index in [1.54, 1.807) is 18.7 Å². The number of hydrogen-bond donors (Lipinski definition) is 2. The molecule has 1 fully saturated rings. The average molecular weight is 223 g/mol. The van der Waals surface area contributed by atoms with E-state index in [2.05, 4.69) is 5.32 Å². The third-order valence-corrected chi connectivity index (χ3v) is 2.05. The first kappa shape index (κ1) is 13.7. The van der Waals surface area contributed by atoms with Crippen molar-refractivity contribution in [1.82, 2.24) is 10.2 Å². The van der Waals surface area contributed by atoms with Crippen LogP contribution in [0.5, 0.6) is 0 Å². The van der Waals surface area contributed by atoms with Crippen molar-refractivity contribution in [1.29, 1.82) is 0 Å². The van der Waals surface area contributed by atoms with Crippen molar-refractivity contribution >= 4 is 18.3 Å². The van der Waals surface area contributed by atoms with Crippen LogP contribution in [0.1, 0.15) is 20.3 Å². The molecule has 0 aromatic heterocycles. The van der Waals surface area contributed by atoms with E-state index in [0.717, 1.165) is 26.2 Å². The van der Waals surface area contributed by atoms with Crippen molar-refractivity contribution < 1.29 is 9.90 Å². The third-order valence-electron chi connectivity index (χ3n) is 2.05. The summed E-state index contributed by atoms with van der Waals surface area (Å²) in [6, 6.07) is 0. The van der Waals surface area contributed by atoms with Gasteiger partial charge < -0.3 is 15.3 Å². The zero-order valence-electron chi connectivity index (χ0n) is 8.75. The lowest BCUT2D eigenvalue weighted by molar-refractivity contribution is -0.135. The van der Waals surface area contributed by atoms with E-state index < -0.39 is 5.60 Å². The SMILES string of the molecule is CC(C)(O)CC(=O)N1CCNCC1.Cl. The maximum absolute atomic E-state index is 11.6. The molecule has 1 heterocycles. The predicted molar refractivity (Wildman–Crippen MR) is 57.6 cm³/mol. The smallest absolute Gasteiger partial charge is 0.225 e. The Labute approximate surface area is 91.1 Å². The number of piperazine rings is 1. The van der Waals surface area contributed by atoms with E-state index in [1.165, 1.54) is 0 Å². The number of carbonyl (C=O) groups excluding carboxylic acids is 1. The van der Waals surface area contributed by atoms with Gasteiger partial charge in [0.25, 0.3) is 0 Å². The second-order valence-electron chi connectivity index (χ2n) is 4.12. The number of nitrogens with one attached hydrogen (secondary N) is 1. The van der Waals surface area contributed by atoms with Gasteiger partial charge in [-0.15, -0.1) is 12.4 Å². The van der Waals surface area contributed by atoms with E-state index in [4.69, 9.17) is 0 Å². The van der Waals surface area contributed by atoms with Gasteiger partial charge in [-0.25, -0.2) is 0 Å². The first-order chi connectivity index (χ1) is 5.99. The molecule has 84 valence electrons. The molecule has 2 N–H and O–H groups in total. The molecule has 1 amide bonds. The van der Waals surface area contributed by atoms with Crippen LogP contribution in [0.2, 0.25) is 0 Å². The van der Waals surface area contributed by atoms with Gasteiger partial charge in [-0.05, 0) is 13.8 Å². The maximum atomic E-state index is 11.6. The summed E-state index contributed by atoms with van der Waals surface area (Å²) < 4.78 is 0. The summed E-state index contributed by atoms with van der Waals surface area (Å²) in [6.07, 6.45) is 0.215. The minimum Gasteiger partial charge on any atom is -0.390 e. The van der Waals surface area contributed by atoms with Gasteiger partial charge in [-0.2, -0.15) is 0 Å². The van der Waals surface area contributed by atoms with Gasteiger partial charge in [0.1, 0.15) is 0 Å². The summed E-state index contributed by atoms with van der Waals surface area (Å²) in [7, 11) is 0. The summed E-state index contributed by atoms with van der Waals surface area (Å²) in [5.41, 5.74) is -0.887. The maximum Gasteiger partial charge on any atom is 0.225 e. The highest BCUT2D eigenvalue weighted by atomic mass is 35.5. The van der Waals surface area contributed by atoms with Crippen molar-refractivity contribution in [3.8, 4) is 0 Å². The molecule has 0 saturated carbocycles. The lowest BCUT2D eigenvalue weighted by Gasteiger charge is -2.29. The molecule has 1 saturated heterocycles. The van der Waals surface area contributed by atoms with Crippen molar-refractivity contribution in [2.24, 2.45) is 0 Å². The highest BCUT2D eigenvalue weighted by Gasteiger charge is 2.23. The van der Waals surface area contributed by atoms with Crippen LogP contribution in [-0.4, -0.2) is 47.7 Å². The molecule has 0 unspecified atom stereocenters. The molecule has 0 aromatic rings. The first-order valence-electron chi connectivity index (χ1n) is 4.70. The summed E-state index contributed by atoms with van der Waals surface area (Å²) in [4.78, 5) is 13.4. The van der Waals surface area contributed by atoms with Gasteiger partial charge in [-0.1, -0.05) is 0 Å². The number of hydrogen-bond acceptors (Lipinski definition) is 3. The summed E-state index contributed by atoms with van der Waals surface area (Å²) >= 11 is 0. The van der Waals surface area contributed by atoms with Gasteiger partial charge in [0.15, 0.2) is 0 Å². The molecule has 0 aliphatic carbocycles. The van der Waals surface area contributed by atoms with Crippen LogP contribution in [0.4, 0.5) is 0 Å². The van der Waals surface area contributed by atoms with E-state index >= 15 is 0 Å². The zero-order valence-corrected chi connectivity index (χ0v) is 9.56. The predicted octanol–water partition coefficient (Wildman–Crippen LogP) is 0.00100. The molecule has 0 spiro atoms. The lowest BCUT2D eigenvalue weighted by atomic mass is 10.0. The third kappa shape index (κ3) is 4.79. The second kappa shape index (κ2) is 5.53. The highest BCUT2D eigenvalue weighted by Crippen LogP contribution is 2.10. The molecule has 0 aromatic carbocycles. The molecular weight excluding hydrogens is 204 g/mol. The minimum atomic E-state index is -0.887. The Kier molecular flexibility index (Phi) is 5.41. The average Bonchev–Trinajstić information content (AvgIpc) is 2.03. The fourth-order valence-electron chi connectivity index (χ4n) is 1.40. The van der Waals surface area contributed by atoms with Crippen molar-refractivity contribution in [3.63, 3.8) is 0 Å². The summed E-state index contributed by atoms with van der Waals surface area (Å²) in [6.45, 7) is 6.55. The lowest BCUT2D eigenvalue weighted by Crippen LogP contribution is -2.47. The summed E-state index contributed by atoms with van der Waals surface area (Å²) in [5.74, 6) is 0.0500. The van der Waals surface area contributed by atoms with Gasteiger partial charge in [-0.3, -0.25) is 4.79 Å². The van der Waals surface area contributed by atoms with E-state index in [1.807, 2.05) is 0 Å². The monoisotopic (exact) mass is 222 g/mol.